The number of ether oxygens (including phenoxy) is 1. The zero-order valence-corrected chi connectivity index (χ0v) is 32.5. The Bertz CT molecular complexity index is 1970. The first-order valence-corrected chi connectivity index (χ1v) is 19.4. The Morgan fingerprint density at radius 1 is 0.431 bits per heavy atom. The molecule has 0 radical (unpaired) electrons. The third kappa shape index (κ3) is 7.29. The second kappa shape index (κ2) is 18.9. The van der Waals surface area contributed by atoms with E-state index in [2.05, 4.69) is 144 Å². The number of nitrogens with zero attached hydrogens (tertiary/aromatic N) is 1. The van der Waals surface area contributed by atoms with Crippen molar-refractivity contribution in [3.05, 3.63) is 151 Å². The van der Waals surface area contributed by atoms with Crippen molar-refractivity contribution in [1.82, 2.24) is 0 Å². The van der Waals surface area contributed by atoms with Crippen LogP contribution in [0.4, 0.5) is 17.1 Å². The van der Waals surface area contributed by atoms with E-state index in [9.17, 15) is 0 Å². The molecule has 0 aromatic heterocycles. The Kier molecular flexibility index (Phi) is 14.4. The Morgan fingerprint density at radius 3 is 1.69 bits per heavy atom. The number of benzene rings is 6. The highest BCUT2D eigenvalue weighted by atomic mass is 16.5. The summed E-state index contributed by atoms with van der Waals surface area (Å²) in [6.45, 7) is 20.3. The van der Waals surface area contributed by atoms with Gasteiger partial charge in [-0.25, -0.2) is 0 Å². The van der Waals surface area contributed by atoms with Gasteiger partial charge in [-0.05, 0) is 70.3 Å². The van der Waals surface area contributed by atoms with Crippen molar-refractivity contribution in [2.45, 2.75) is 75.7 Å². The summed E-state index contributed by atoms with van der Waals surface area (Å²) >= 11 is 0. The second-order valence-electron chi connectivity index (χ2n) is 11.3. The van der Waals surface area contributed by atoms with E-state index < -0.39 is 0 Å². The van der Waals surface area contributed by atoms with Crippen LogP contribution >= 0.6 is 0 Å². The molecule has 0 saturated heterocycles. The Balaban J connectivity index is 0.000000540. The molecule has 51 heavy (non-hydrogen) atoms. The number of anilines is 3. The molecule has 6 aromatic rings. The predicted molar refractivity (Wildman–Crippen MR) is 229 cm³/mol. The van der Waals surface area contributed by atoms with Gasteiger partial charge in [-0.2, -0.15) is 0 Å². The van der Waals surface area contributed by atoms with E-state index in [4.69, 9.17) is 4.74 Å². The molecule has 3 aliphatic heterocycles. The van der Waals surface area contributed by atoms with E-state index in [1.807, 2.05) is 69.2 Å². The van der Waals surface area contributed by atoms with Gasteiger partial charge in [0.2, 0.25) is 6.71 Å². The maximum Gasteiger partial charge on any atom is 0.256 e. The van der Waals surface area contributed by atoms with Crippen molar-refractivity contribution in [2.24, 2.45) is 0 Å². The molecule has 0 unspecified atom stereocenters. The number of fused-ring (bicyclic) bond motifs is 6. The van der Waals surface area contributed by atoms with Gasteiger partial charge >= 0.3 is 0 Å². The zero-order valence-electron chi connectivity index (χ0n) is 32.5. The highest BCUT2D eigenvalue weighted by Crippen LogP contribution is 2.40. The minimum absolute atomic E-state index is 0.0972. The standard InChI is InChI=1S/C37H25B2NO.5C2H6/c1-3-13-27(14-4-1)38-29-17-8-7-12-25(29)22-26-23-34-32(24-31(26)38)39-30-18-9-10-20-35(30)41-36-21-11-19-33(37(36)39)40(34)28-15-5-2-6-16-28;5*1-2/h1-21,23-24H,22H2;5*1-2H3. The first kappa shape index (κ1) is 38.8. The van der Waals surface area contributed by atoms with E-state index >= 15 is 0 Å². The summed E-state index contributed by atoms with van der Waals surface area (Å²) in [7, 11) is 0. The van der Waals surface area contributed by atoms with Crippen LogP contribution in [-0.4, -0.2) is 13.4 Å². The molecule has 3 heterocycles. The van der Waals surface area contributed by atoms with Crippen LogP contribution in [0.5, 0.6) is 11.5 Å². The summed E-state index contributed by atoms with van der Waals surface area (Å²) in [5.74, 6) is 1.89. The first-order valence-electron chi connectivity index (χ1n) is 19.4. The molecule has 4 heteroatoms. The molecular formula is C47H55B2NO. The lowest BCUT2D eigenvalue weighted by molar-refractivity contribution is 0.487. The highest BCUT2D eigenvalue weighted by Gasteiger charge is 2.43. The van der Waals surface area contributed by atoms with Crippen LogP contribution < -0.4 is 42.4 Å². The van der Waals surface area contributed by atoms with Crippen molar-refractivity contribution < 1.29 is 4.74 Å². The number of hydrogen-bond acceptors (Lipinski definition) is 2. The number of rotatable bonds is 2. The van der Waals surface area contributed by atoms with Crippen molar-refractivity contribution in [1.29, 1.82) is 0 Å². The Morgan fingerprint density at radius 2 is 1.00 bits per heavy atom. The van der Waals surface area contributed by atoms with Crippen molar-refractivity contribution in [3.63, 3.8) is 0 Å². The van der Waals surface area contributed by atoms with E-state index in [0.717, 1.165) is 23.6 Å². The van der Waals surface area contributed by atoms with E-state index in [1.54, 1.807) is 0 Å². The summed E-state index contributed by atoms with van der Waals surface area (Å²) in [6.07, 6.45) is 0.933. The quantitative estimate of drug-likeness (QED) is 0.170. The van der Waals surface area contributed by atoms with Crippen molar-refractivity contribution >= 4 is 63.3 Å². The number of para-hydroxylation sites is 2. The highest BCUT2D eigenvalue weighted by molar-refractivity contribution is 7.01. The van der Waals surface area contributed by atoms with Gasteiger partial charge in [-0.15, -0.1) is 0 Å². The lowest BCUT2D eigenvalue weighted by Gasteiger charge is -2.41. The van der Waals surface area contributed by atoms with E-state index in [1.165, 1.54) is 55.3 Å². The average Bonchev–Trinajstić information content (AvgIpc) is 3.23. The molecule has 9 rings (SSSR count). The summed E-state index contributed by atoms with van der Waals surface area (Å²) in [5.41, 5.74) is 14.4. The van der Waals surface area contributed by atoms with E-state index in [0.29, 0.717) is 0 Å². The minimum Gasteiger partial charge on any atom is -0.458 e. The SMILES string of the molecule is CC.CC.CC.CC.CC.c1ccc(B2c3ccccc3Cc3cc4c(cc32)B2c3ccccc3Oc3cccc(c32)N4c2ccccc2)cc1. The molecular weight excluding hydrogens is 616 g/mol. The monoisotopic (exact) mass is 671 g/mol. The molecule has 0 saturated carbocycles. The smallest absolute Gasteiger partial charge is 0.256 e. The summed E-state index contributed by atoms with van der Waals surface area (Å²) in [4.78, 5) is 2.44. The maximum absolute atomic E-state index is 6.55. The van der Waals surface area contributed by atoms with Gasteiger partial charge in [0.15, 0.2) is 0 Å². The van der Waals surface area contributed by atoms with Crippen LogP contribution in [0.15, 0.2) is 140 Å². The van der Waals surface area contributed by atoms with Crippen LogP contribution in [0.1, 0.15) is 80.4 Å². The molecule has 0 bridgehead atoms. The first-order chi connectivity index (χ1) is 25.3. The average molecular weight is 672 g/mol. The molecule has 3 aliphatic rings. The van der Waals surface area contributed by atoms with Crippen LogP contribution in [-0.2, 0) is 6.42 Å². The van der Waals surface area contributed by atoms with Gasteiger partial charge in [0, 0.05) is 17.1 Å². The van der Waals surface area contributed by atoms with Gasteiger partial charge in [-0.1, -0.05) is 189 Å². The van der Waals surface area contributed by atoms with E-state index in [-0.39, 0.29) is 13.4 Å². The van der Waals surface area contributed by atoms with Crippen LogP contribution in [0.3, 0.4) is 0 Å². The molecule has 0 amide bonds. The van der Waals surface area contributed by atoms with Crippen LogP contribution in [0.2, 0.25) is 0 Å². The van der Waals surface area contributed by atoms with Crippen LogP contribution in [0, 0.1) is 0 Å². The Hall–Kier alpha value is -4.95. The third-order valence-corrected chi connectivity index (χ3v) is 9.07. The zero-order chi connectivity index (χ0) is 36.9. The fraction of sp³-hybridized carbons (Fsp3) is 0.234. The molecule has 0 spiro atoms. The molecule has 0 fully saturated rings. The molecule has 0 aliphatic carbocycles. The summed E-state index contributed by atoms with van der Waals surface area (Å²) in [5, 5.41) is 0. The Labute approximate surface area is 309 Å². The molecule has 2 nitrogen and oxygen atoms in total. The second-order valence-corrected chi connectivity index (χ2v) is 11.3. The van der Waals surface area contributed by atoms with Gasteiger partial charge < -0.3 is 9.64 Å². The maximum atomic E-state index is 6.55. The molecule has 0 N–H and O–H groups in total. The lowest BCUT2D eigenvalue weighted by atomic mass is 9.30. The van der Waals surface area contributed by atoms with Crippen molar-refractivity contribution in [3.8, 4) is 11.5 Å². The lowest BCUT2D eigenvalue weighted by Crippen LogP contribution is -2.63. The molecule has 260 valence electrons. The summed E-state index contributed by atoms with van der Waals surface area (Å²) < 4.78 is 6.55. The predicted octanol–water partition coefficient (Wildman–Crippen LogP) is 9.64. The fourth-order valence-electron chi connectivity index (χ4n) is 7.37. The van der Waals surface area contributed by atoms with Gasteiger partial charge in [-0.3, -0.25) is 0 Å². The van der Waals surface area contributed by atoms with Gasteiger partial charge in [0.1, 0.15) is 11.5 Å². The largest absolute Gasteiger partial charge is 0.458 e. The fourth-order valence-corrected chi connectivity index (χ4v) is 7.37. The number of hydrogen-bond donors (Lipinski definition) is 0. The third-order valence-electron chi connectivity index (χ3n) is 9.07. The van der Waals surface area contributed by atoms with Gasteiger partial charge in [0.05, 0.1) is 0 Å². The van der Waals surface area contributed by atoms with Crippen molar-refractivity contribution in [2.75, 3.05) is 4.90 Å². The van der Waals surface area contributed by atoms with Crippen LogP contribution in [0.25, 0.3) is 0 Å². The van der Waals surface area contributed by atoms with Gasteiger partial charge in [0.25, 0.3) is 6.71 Å². The normalized spacial score (nSPS) is 11.7. The topological polar surface area (TPSA) is 12.5 Å². The molecule has 6 aromatic carbocycles. The minimum atomic E-state index is 0.0972. The summed E-state index contributed by atoms with van der Waals surface area (Å²) in [6, 6.07) is 50.8. The molecule has 0 atom stereocenters.